The molecule has 2 aromatic rings. The van der Waals surface area contributed by atoms with Gasteiger partial charge in [0.15, 0.2) is 0 Å². The minimum absolute atomic E-state index is 1.02. The van der Waals surface area contributed by atoms with Crippen LogP contribution in [0.3, 0.4) is 0 Å². The molecule has 0 aromatic carbocycles. The van der Waals surface area contributed by atoms with Gasteiger partial charge in [-0.1, -0.05) is 0 Å². The molecular weight excluding hydrogens is 208 g/mol. The summed E-state index contributed by atoms with van der Waals surface area (Å²) in [5, 5.41) is 0. The van der Waals surface area contributed by atoms with E-state index >= 15 is 0 Å². The first-order valence-electron chi connectivity index (χ1n) is 3.75. The van der Waals surface area contributed by atoms with Gasteiger partial charge < -0.3 is 0 Å². The van der Waals surface area contributed by atoms with E-state index < -0.39 is 0 Å². The Morgan fingerprint density at radius 3 is 2.92 bits per heavy atom. The average molecular weight is 216 g/mol. The van der Waals surface area contributed by atoms with Gasteiger partial charge in [-0.25, -0.2) is 0 Å². The number of hydrogen-bond donors (Lipinski definition) is 0. The van der Waals surface area contributed by atoms with E-state index in [0.717, 1.165) is 16.9 Å². The molecule has 3 nitrogen and oxygen atoms in total. The van der Waals surface area contributed by atoms with Gasteiger partial charge in [-0.3, -0.25) is 0 Å². The number of pyridine rings is 1. The summed E-state index contributed by atoms with van der Waals surface area (Å²) in [6.45, 7) is 4.00. The van der Waals surface area contributed by atoms with Crippen molar-refractivity contribution in [2.45, 2.75) is 13.8 Å². The van der Waals surface area contributed by atoms with Crippen molar-refractivity contribution in [1.29, 1.82) is 0 Å². The second kappa shape index (κ2) is 2.64. The second-order valence-corrected chi connectivity index (χ2v) is 4.04. The minimum atomic E-state index is 1.02. The third-order valence-electron chi connectivity index (χ3n) is 1.86. The molecule has 2 radical (unpaired) electrons. The number of hydrogen-bond acceptors (Lipinski definition) is 2. The third kappa shape index (κ3) is 1.07. The molecule has 0 saturated heterocycles. The Labute approximate surface area is 81.0 Å². The zero-order valence-electron chi connectivity index (χ0n) is 7.07. The summed E-state index contributed by atoms with van der Waals surface area (Å²) in [7, 11) is 0. The fraction of sp³-hybridized carbons (Fsp3) is 0.250. The van der Waals surface area contributed by atoms with Crippen LogP contribution >= 0.6 is 0 Å². The van der Waals surface area contributed by atoms with Gasteiger partial charge in [-0.05, 0) is 0 Å². The third-order valence-corrected chi connectivity index (χ3v) is 2.73. The van der Waals surface area contributed by atoms with Gasteiger partial charge in [0.2, 0.25) is 0 Å². The van der Waals surface area contributed by atoms with Crippen LogP contribution in [0.15, 0.2) is 12.4 Å². The molecule has 0 aliphatic carbocycles. The van der Waals surface area contributed by atoms with E-state index in [9.17, 15) is 0 Å². The van der Waals surface area contributed by atoms with Gasteiger partial charge in [0.05, 0.1) is 0 Å². The van der Waals surface area contributed by atoms with Crippen LogP contribution in [0.1, 0.15) is 11.4 Å². The molecule has 0 N–H and O–H groups in total. The Morgan fingerprint density at radius 1 is 1.42 bits per heavy atom. The fourth-order valence-corrected chi connectivity index (χ4v) is 1.89. The molecule has 2 rings (SSSR count). The first-order chi connectivity index (χ1) is 5.68. The van der Waals surface area contributed by atoms with E-state index in [0.29, 0.717) is 0 Å². The van der Waals surface area contributed by atoms with Crippen molar-refractivity contribution in [3.63, 3.8) is 0 Å². The number of nitrogens with zero attached hydrogens (tertiary/aromatic N) is 3. The number of aryl methyl sites for hydroxylation is 2. The van der Waals surface area contributed by atoms with Crippen molar-refractivity contribution in [2.24, 2.45) is 0 Å². The molecule has 0 bridgehead atoms. The SMILES string of the molecule is Cc1cc2c(nc[n]2[Ga])c(C)n1. The molecule has 58 valence electrons. The molecule has 0 atom stereocenters. The monoisotopic (exact) mass is 215 g/mol. The number of imidazole rings is 1. The van der Waals surface area contributed by atoms with E-state index in [4.69, 9.17) is 0 Å². The summed E-state index contributed by atoms with van der Waals surface area (Å²) in [5.41, 5.74) is 4.27. The molecule has 12 heavy (non-hydrogen) atoms. The van der Waals surface area contributed by atoms with Crippen LogP contribution in [0, 0.1) is 13.8 Å². The van der Waals surface area contributed by atoms with Crippen LogP contribution in [-0.2, 0) is 0 Å². The predicted molar refractivity (Wildman–Crippen MR) is 48.2 cm³/mol. The summed E-state index contributed by atoms with van der Waals surface area (Å²) >= 11 is 1.54. The topological polar surface area (TPSA) is 30.7 Å². The average Bonchev–Trinajstić information content (AvgIpc) is 2.33. The second-order valence-electron chi connectivity index (χ2n) is 2.87. The summed E-state index contributed by atoms with van der Waals surface area (Å²) in [6.07, 6.45) is 1.85. The standard InChI is InChI=1S/C8H8N3.Ga/c1-5-3-7-8(6(2)11-5)10-4-9-7;/h3-4H,1-2H3;/q-1;+1. The van der Waals surface area contributed by atoms with E-state index in [1.165, 1.54) is 24.4 Å². The molecule has 2 aromatic heterocycles. The molecule has 0 saturated carbocycles. The van der Waals surface area contributed by atoms with Crippen LogP contribution in [0.25, 0.3) is 11.0 Å². The Hall–Kier alpha value is -0.744. The molecule has 4 heteroatoms. The Kier molecular flexibility index (Phi) is 1.73. The van der Waals surface area contributed by atoms with Crippen LogP contribution in [0.5, 0.6) is 0 Å². The predicted octanol–water partition coefficient (Wildman–Crippen LogP) is 0.980. The van der Waals surface area contributed by atoms with Crippen LogP contribution in [0.4, 0.5) is 0 Å². The molecule has 0 aliphatic rings. The summed E-state index contributed by atoms with van der Waals surface area (Å²) in [5.74, 6) is 0. The molecule has 0 aliphatic heterocycles. The van der Waals surface area contributed by atoms with Gasteiger partial charge in [0.1, 0.15) is 0 Å². The number of fused-ring (bicyclic) bond motifs is 1. The Bertz CT molecular complexity index is 433. The number of aromatic nitrogens is 3. The van der Waals surface area contributed by atoms with Crippen LogP contribution in [0.2, 0.25) is 0 Å². The summed E-state index contributed by atoms with van der Waals surface area (Å²) in [4.78, 5) is 8.62. The van der Waals surface area contributed by atoms with E-state index in [2.05, 4.69) is 19.3 Å². The van der Waals surface area contributed by atoms with E-state index in [1.54, 1.807) is 0 Å². The molecular formula is C8H8GaN3. The van der Waals surface area contributed by atoms with E-state index in [1.807, 2.05) is 20.2 Å². The molecule has 2 heterocycles. The first-order valence-corrected chi connectivity index (χ1v) is 4.83. The van der Waals surface area contributed by atoms with Gasteiger partial charge in [0, 0.05) is 0 Å². The van der Waals surface area contributed by atoms with Crippen molar-refractivity contribution in [2.75, 3.05) is 0 Å². The van der Waals surface area contributed by atoms with Crippen molar-refractivity contribution < 1.29 is 0 Å². The molecule has 0 fully saturated rings. The summed E-state index contributed by atoms with van der Waals surface area (Å²) < 4.78 is 2.07. The van der Waals surface area contributed by atoms with Crippen molar-refractivity contribution in [3.8, 4) is 0 Å². The number of rotatable bonds is 0. The zero-order valence-corrected chi connectivity index (χ0v) is 9.50. The van der Waals surface area contributed by atoms with Gasteiger partial charge in [-0.2, -0.15) is 0 Å². The zero-order chi connectivity index (χ0) is 8.72. The van der Waals surface area contributed by atoms with Crippen LogP contribution < -0.4 is 0 Å². The van der Waals surface area contributed by atoms with Gasteiger partial charge in [-0.15, -0.1) is 0 Å². The van der Waals surface area contributed by atoms with Gasteiger partial charge in [0.25, 0.3) is 0 Å². The van der Waals surface area contributed by atoms with Crippen molar-refractivity contribution in [1.82, 2.24) is 13.2 Å². The fourth-order valence-electron chi connectivity index (χ4n) is 1.34. The molecule has 0 amide bonds. The Balaban J connectivity index is 2.92. The van der Waals surface area contributed by atoms with Crippen LogP contribution in [-0.4, -0.2) is 32.1 Å². The normalized spacial score (nSPS) is 10.8. The first kappa shape index (κ1) is 7.88. The maximum absolute atomic E-state index is 4.35. The maximum atomic E-state index is 4.35. The quantitative estimate of drug-likeness (QED) is 0.614. The van der Waals surface area contributed by atoms with Crippen molar-refractivity contribution >= 4 is 29.9 Å². The van der Waals surface area contributed by atoms with Crippen molar-refractivity contribution in [3.05, 3.63) is 23.8 Å². The molecule has 0 spiro atoms. The molecule has 0 unspecified atom stereocenters. The van der Waals surface area contributed by atoms with E-state index in [-0.39, 0.29) is 0 Å². The summed E-state index contributed by atoms with van der Waals surface area (Å²) in [6, 6.07) is 2.07. The Morgan fingerprint density at radius 2 is 2.17 bits per heavy atom. The van der Waals surface area contributed by atoms with Gasteiger partial charge >= 0.3 is 80.7 Å².